The van der Waals surface area contributed by atoms with E-state index in [9.17, 15) is 25.2 Å². The number of nitrogens with one attached hydrogen (secondary N) is 1. The van der Waals surface area contributed by atoms with Gasteiger partial charge in [0.05, 0.1) is 0 Å². The van der Waals surface area contributed by atoms with Crippen molar-refractivity contribution in [1.82, 2.24) is 5.32 Å². The average Bonchev–Trinajstić information content (AvgIpc) is 2.60. The van der Waals surface area contributed by atoms with E-state index >= 15 is 0 Å². The molecule has 0 bridgehead atoms. The number of carbonyl (C=O) groups is 1. The number of benzene rings is 2. The molecule has 0 saturated carbocycles. The molecule has 0 spiro atoms. The van der Waals surface area contributed by atoms with Gasteiger partial charge in [0.15, 0.2) is 0 Å². The van der Waals surface area contributed by atoms with Crippen molar-refractivity contribution in [3.63, 3.8) is 0 Å². The van der Waals surface area contributed by atoms with E-state index < -0.39 is 11.7 Å². The Morgan fingerprint density at radius 2 is 1.54 bits per heavy atom. The van der Waals surface area contributed by atoms with E-state index in [0.717, 1.165) is 5.56 Å². The Bertz CT molecular complexity index is 709. The van der Waals surface area contributed by atoms with Crippen LogP contribution >= 0.6 is 0 Å². The van der Waals surface area contributed by atoms with Gasteiger partial charge in [-0.15, -0.1) is 5.91 Å². The first-order chi connectivity index (χ1) is 12.2. The highest BCUT2D eigenvalue weighted by Gasteiger charge is 2.08. The summed E-state index contributed by atoms with van der Waals surface area (Å²) in [5.41, 5.74) is 5.80. The summed E-state index contributed by atoms with van der Waals surface area (Å²) in [6.07, 6.45) is -0.0358. The van der Waals surface area contributed by atoms with E-state index in [1.807, 2.05) is 0 Å². The Hall–Kier alpha value is -2.29. The van der Waals surface area contributed by atoms with Gasteiger partial charge < -0.3 is 31.5 Å². The number of rotatable bonds is 8. The summed E-state index contributed by atoms with van der Waals surface area (Å²) in [5.74, 6) is -5.82. The highest BCUT2D eigenvalue weighted by atomic mass is 16.5. The minimum Gasteiger partial charge on any atom is -0.859 e. The zero-order chi connectivity index (χ0) is 19.2. The Morgan fingerprint density at radius 1 is 0.923 bits per heavy atom. The molecule has 0 unspecified atom stereocenters. The zero-order valence-electron chi connectivity index (χ0n) is 14.1. The van der Waals surface area contributed by atoms with Crippen molar-refractivity contribution in [2.75, 3.05) is 6.54 Å². The van der Waals surface area contributed by atoms with E-state index in [4.69, 9.17) is 5.73 Å². The fraction of sp³-hybridized carbons (Fsp3) is 0.316. The number of carbonyl (C=O) groups excluding carboxylic acids is 1. The normalized spacial score (nSPS) is 12.0. The molecule has 7 nitrogen and oxygen atoms in total. The molecule has 2 rings (SSSR count). The predicted octanol–water partition coefficient (Wildman–Crippen LogP) is -2.51. The highest BCUT2D eigenvalue weighted by Crippen LogP contribution is 2.16. The second-order valence-corrected chi connectivity index (χ2v) is 6.08. The first-order valence-corrected chi connectivity index (χ1v) is 8.21. The number of hydrogen-bond donors (Lipinski definition) is 2. The molecule has 3 N–H and O–H groups in total. The lowest BCUT2D eigenvalue weighted by Gasteiger charge is -2.49. The molecule has 0 aliphatic heterocycles. The van der Waals surface area contributed by atoms with Crippen molar-refractivity contribution in [3.05, 3.63) is 71.3 Å². The van der Waals surface area contributed by atoms with E-state index in [1.165, 1.54) is 24.3 Å². The molecule has 26 heavy (non-hydrogen) atoms. The maximum atomic E-state index is 12.0. The zero-order valence-corrected chi connectivity index (χ0v) is 14.1. The first-order valence-electron chi connectivity index (χ1n) is 8.21. The van der Waals surface area contributed by atoms with Crippen LogP contribution in [0.3, 0.4) is 0 Å². The first kappa shape index (κ1) is 20.0. The third kappa shape index (κ3) is 5.91. The van der Waals surface area contributed by atoms with Crippen LogP contribution in [0, 0.1) is 0 Å². The van der Waals surface area contributed by atoms with Crippen LogP contribution < -0.4 is 31.5 Å². The van der Waals surface area contributed by atoms with Crippen molar-refractivity contribution in [2.45, 2.75) is 31.0 Å². The second-order valence-electron chi connectivity index (χ2n) is 6.08. The van der Waals surface area contributed by atoms with Crippen molar-refractivity contribution in [2.24, 2.45) is 5.73 Å². The molecule has 7 heteroatoms. The molecule has 0 aliphatic carbocycles. The number of amides is 1. The molecule has 0 atom stereocenters. The summed E-state index contributed by atoms with van der Waals surface area (Å²) in [7, 11) is 0. The van der Waals surface area contributed by atoms with Crippen LogP contribution in [0.1, 0.15) is 29.5 Å². The van der Waals surface area contributed by atoms with Crippen LogP contribution in [0.25, 0.3) is 0 Å². The minimum atomic E-state index is -2.88. The second kappa shape index (κ2) is 8.39. The smallest absolute Gasteiger partial charge is 0.219 e. The van der Waals surface area contributed by atoms with E-state index in [0.29, 0.717) is 13.0 Å². The van der Waals surface area contributed by atoms with Crippen molar-refractivity contribution < 1.29 is 25.2 Å². The molecule has 2 aromatic rings. The quantitative estimate of drug-likeness (QED) is 0.499. The third-order valence-corrected chi connectivity index (χ3v) is 3.99. The Labute approximate surface area is 151 Å². The molecular formula is C19H20N2O5-4. The van der Waals surface area contributed by atoms with E-state index in [1.54, 1.807) is 30.3 Å². The number of nitrogens with two attached hydrogens (primary N) is 1. The Balaban J connectivity index is 1.75. The lowest BCUT2D eigenvalue weighted by Crippen LogP contribution is -2.60. The van der Waals surface area contributed by atoms with Crippen LogP contribution in [0.5, 0.6) is 0 Å². The highest BCUT2D eigenvalue weighted by molar-refractivity contribution is 5.75. The standard InChI is InChI=1S/C19H20N2O5/c20-19(25,26)16-8-6-14(7-9-16)11-13-21-17(22)10-12-18(23,24)15-4-2-1-3-5-15/h1-9H,10-13,20H2,(H,21,22)/q-4. The Kier molecular flexibility index (Phi) is 6.47. The largest absolute Gasteiger partial charge is 0.859 e. The van der Waals surface area contributed by atoms with Gasteiger partial charge in [0, 0.05) is 13.0 Å². The molecule has 2 aromatic carbocycles. The van der Waals surface area contributed by atoms with Crippen molar-refractivity contribution in [3.8, 4) is 0 Å². The fourth-order valence-corrected chi connectivity index (χ4v) is 2.45. The summed E-state index contributed by atoms with van der Waals surface area (Å²) in [4.78, 5) is 11.8. The average molecular weight is 356 g/mol. The summed E-state index contributed by atoms with van der Waals surface area (Å²) in [6, 6.07) is 13.8. The summed E-state index contributed by atoms with van der Waals surface area (Å²) < 4.78 is 0. The summed E-state index contributed by atoms with van der Waals surface area (Å²) >= 11 is 0. The maximum Gasteiger partial charge on any atom is 0.219 e. The maximum absolute atomic E-state index is 12.0. The van der Waals surface area contributed by atoms with Gasteiger partial charge in [0.1, 0.15) is 0 Å². The van der Waals surface area contributed by atoms with Gasteiger partial charge in [-0.1, -0.05) is 72.1 Å². The van der Waals surface area contributed by atoms with Gasteiger partial charge in [-0.25, -0.2) is 0 Å². The molecular weight excluding hydrogens is 336 g/mol. The molecule has 0 heterocycles. The van der Waals surface area contributed by atoms with Gasteiger partial charge in [0.25, 0.3) is 0 Å². The van der Waals surface area contributed by atoms with Gasteiger partial charge in [0.2, 0.25) is 5.91 Å². The molecule has 1 amide bonds. The number of hydrogen-bond acceptors (Lipinski definition) is 6. The monoisotopic (exact) mass is 356 g/mol. The van der Waals surface area contributed by atoms with E-state index in [-0.39, 0.29) is 29.9 Å². The fourth-order valence-electron chi connectivity index (χ4n) is 2.45. The van der Waals surface area contributed by atoms with Crippen LogP contribution in [0.4, 0.5) is 0 Å². The lowest BCUT2D eigenvalue weighted by molar-refractivity contribution is -0.736. The van der Waals surface area contributed by atoms with Gasteiger partial charge in [-0.3, -0.25) is 4.79 Å². The molecule has 0 fully saturated rings. The SMILES string of the molecule is NC([O-])([O-])c1ccc(CCNC(=O)CCC([O-])([O-])c2ccccc2)cc1. The molecule has 140 valence electrons. The Morgan fingerprint density at radius 3 is 2.12 bits per heavy atom. The van der Waals surface area contributed by atoms with Crippen LogP contribution in [-0.2, 0) is 22.9 Å². The molecule has 0 saturated heterocycles. The lowest BCUT2D eigenvalue weighted by atomic mass is 10.0. The van der Waals surface area contributed by atoms with Crippen LogP contribution in [-0.4, -0.2) is 12.5 Å². The van der Waals surface area contributed by atoms with Gasteiger partial charge in [-0.2, -0.15) is 5.79 Å². The molecule has 0 aliphatic rings. The van der Waals surface area contributed by atoms with Gasteiger partial charge >= 0.3 is 0 Å². The van der Waals surface area contributed by atoms with Crippen LogP contribution in [0.15, 0.2) is 54.6 Å². The summed E-state index contributed by atoms with van der Waals surface area (Å²) in [6.45, 7) is 0.302. The predicted molar refractivity (Wildman–Crippen MR) is 86.4 cm³/mol. The molecule has 0 radical (unpaired) electrons. The minimum absolute atomic E-state index is 0.0616. The van der Waals surface area contributed by atoms with Crippen molar-refractivity contribution in [1.29, 1.82) is 0 Å². The summed E-state index contributed by atoms with van der Waals surface area (Å²) in [5, 5.41) is 48.9. The topological polar surface area (TPSA) is 147 Å². The van der Waals surface area contributed by atoms with Gasteiger partial charge in [-0.05, 0) is 12.0 Å². The van der Waals surface area contributed by atoms with Crippen LogP contribution in [0.2, 0.25) is 0 Å². The molecule has 0 aromatic heterocycles. The van der Waals surface area contributed by atoms with E-state index in [2.05, 4.69) is 5.32 Å². The van der Waals surface area contributed by atoms with Crippen molar-refractivity contribution >= 4 is 5.91 Å². The third-order valence-electron chi connectivity index (χ3n) is 3.99.